The monoisotopic (exact) mass is 303 g/mol. The van der Waals surface area contributed by atoms with Crippen molar-refractivity contribution in [3.05, 3.63) is 47.0 Å². The first-order valence-electron chi connectivity index (χ1n) is 7.60. The quantitative estimate of drug-likeness (QED) is 0.918. The maximum Gasteiger partial charge on any atom is 0.255 e. The fraction of sp³-hybridized carbons (Fsp3) is 0.412. The predicted molar refractivity (Wildman–Crippen MR) is 84.8 cm³/mol. The van der Waals surface area contributed by atoms with Crippen molar-refractivity contribution in [1.29, 1.82) is 0 Å². The lowest BCUT2D eigenvalue weighted by Crippen LogP contribution is -2.34. The molecule has 1 N–H and O–H groups in total. The van der Waals surface area contributed by atoms with Crippen LogP contribution in [0.2, 0.25) is 0 Å². The molecule has 0 bridgehead atoms. The largest absolute Gasteiger partial charge is 0.349 e. The van der Waals surface area contributed by atoms with Crippen LogP contribution in [0.1, 0.15) is 48.4 Å². The van der Waals surface area contributed by atoms with Crippen LogP contribution >= 0.6 is 0 Å². The molecule has 2 rings (SSSR count). The Morgan fingerprint density at radius 2 is 1.82 bits per heavy atom. The maximum atomic E-state index is 13.0. The van der Waals surface area contributed by atoms with Gasteiger partial charge >= 0.3 is 0 Å². The van der Waals surface area contributed by atoms with Gasteiger partial charge in [-0.1, -0.05) is 13.8 Å². The maximum absolute atomic E-state index is 13.0. The van der Waals surface area contributed by atoms with Gasteiger partial charge in [0.15, 0.2) is 0 Å². The van der Waals surface area contributed by atoms with Crippen molar-refractivity contribution in [1.82, 2.24) is 15.1 Å². The third-order valence-electron chi connectivity index (χ3n) is 3.91. The predicted octanol–water partition coefficient (Wildman–Crippen LogP) is 3.55. The molecule has 1 aromatic carbocycles. The molecule has 0 atom stereocenters. The highest BCUT2D eigenvalue weighted by atomic mass is 19.1. The van der Waals surface area contributed by atoms with Gasteiger partial charge in [-0.05, 0) is 51.0 Å². The van der Waals surface area contributed by atoms with E-state index >= 15 is 0 Å². The Kier molecular flexibility index (Phi) is 4.96. The standard InChI is InChI=1S/C17H22FN3O/c1-5-14(6-2)19-17(22)16-11(3)20-21(12(16)4)15-9-7-13(18)8-10-15/h7-10,14H,5-6H2,1-4H3,(H,19,22). The van der Waals surface area contributed by atoms with Gasteiger partial charge in [-0.2, -0.15) is 5.10 Å². The van der Waals surface area contributed by atoms with Gasteiger partial charge in [0.25, 0.3) is 5.91 Å². The summed E-state index contributed by atoms with van der Waals surface area (Å²) in [7, 11) is 0. The molecule has 0 aliphatic carbocycles. The molecule has 1 heterocycles. The molecule has 4 nitrogen and oxygen atoms in total. The third-order valence-corrected chi connectivity index (χ3v) is 3.91. The number of nitrogens with zero attached hydrogens (tertiary/aromatic N) is 2. The lowest BCUT2D eigenvalue weighted by Gasteiger charge is -2.14. The van der Waals surface area contributed by atoms with Crippen LogP contribution in [0, 0.1) is 19.7 Å². The Morgan fingerprint density at radius 1 is 1.23 bits per heavy atom. The number of benzene rings is 1. The summed E-state index contributed by atoms with van der Waals surface area (Å²) in [6.07, 6.45) is 1.79. The summed E-state index contributed by atoms with van der Waals surface area (Å²) in [6, 6.07) is 6.24. The van der Waals surface area contributed by atoms with Crippen LogP contribution < -0.4 is 5.32 Å². The van der Waals surface area contributed by atoms with Crippen LogP contribution in [-0.4, -0.2) is 21.7 Å². The number of carbonyl (C=O) groups is 1. The van der Waals surface area contributed by atoms with Gasteiger partial charge in [0.1, 0.15) is 5.82 Å². The van der Waals surface area contributed by atoms with E-state index in [4.69, 9.17) is 0 Å². The summed E-state index contributed by atoms with van der Waals surface area (Å²) in [4.78, 5) is 12.5. The summed E-state index contributed by atoms with van der Waals surface area (Å²) in [5.41, 5.74) is 2.76. The van der Waals surface area contributed by atoms with Crippen LogP contribution in [0.15, 0.2) is 24.3 Å². The zero-order valence-electron chi connectivity index (χ0n) is 13.5. The molecule has 0 saturated carbocycles. The van der Waals surface area contributed by atoms with Crippen molar-refractivity contribution in [2.45, 2.75) is 46.6 Å². The van der Waals surface area contributed by atoms with Crippen LogP contribution in [0.25, 0.3) is 5.69 Å². The van der Waals surface area contributed by atoms with E-state index in [1.165, 1.54) is 12.1 Å². The number of aromatic nitrogens is 2. The Labute approximate surface area is 130 Å². The average molecular weight is 303 g/mol. The van der Waals surface area contributed by atoms with Gasteiger partial charge in [0.2, 0.25) is 0 Å². The molecule has 0 unspecified atom stereocenters. The van der Waals surface area contributed by atoms with E-state index in [1.54, 1.807) is 16.8 Å². The van der Waals surface area contributed by atoms with Gasteiger partial charge < -0.3 is 5.32 Å². The molecule has 0 aliphatic rings. The second-order valence-corrected chi connectivity index (χ2v) is 5.42. The lowest BCUT2D eigenvalue weighted by atomic mass is 10.1. The van der Waals surface area contributed by atoms with Gasteiger partial charge in [0.05, 0.1) is 22.6 Å². The number of amides is 1. The number of carbonyl (C=O) groups excluding carboxylic acids is 1. The minimum Gasteiger partial charge on any atom is -0.349 e. The molecular formula is C17H22FN3O. The van der Waals surface area contributed by atoms with Gasteiger partial charge in [-0.15, -0.1) is 0 Å². The van der Waals surface area contributed by atoms with E-state index in [1.807, 2.05) is 13.8 Å². The molecule has 5 heteroatoms. The number of halogens is 1. The van der Waals surface area contributed by atoms with E-state index in [0.717, 1.165) is 24.2 Å². The van der Waals surface area contributed by atoms with Crippen molar-refractivity contribution in [2.24, 2.45) is 0 Å². The minimum atomic E-state index is -0.294. The van der Waals surface area contributed by atoms with Gasteiger partial charge in [-0.25, -0.2) is 9.07 Å². The van der Waals surface area contributed by atoms with Gasteiger partial charge in [-0.3, -0.25) is 4.79 Å². The van der Waals surface area contributed by atoms with Crippen molar-refractivity contribution in [3.63, 3.8) is 0 Å². The number of hydrogen-bond acceptors (Lipinski definition) is 2. The SMILES string of the molecule is CCC(CC)NC(=O)c1c(C)nn(-c2ccc(F)cc2)c1C. The number of aryl methyl sites for hydroxylation is 1. The molecular weight excluding hydrogens is 281 g/mol. The van der Waals surface area contributed by atoms with Crippen molar-refractivity contribution >= 4 is 5.91 Å². The van der Waals surface area contributed by atoms with E-state index in [9.17, 15) is 9.18 Å². The molecule has 22 heavy (non-hydrogen) atoms. The summed E-state index contributed by atoms with van der Waals surface area (Å²) in [5, 5.41) is 7.46. The first-order valence-corrected chi connectivity index (χ1v) is 7.60. The minimum absolute atomic E-state index is 0.0999. The molecule has 1 amide bonds. The van der Waals surface area contributed by atoms with Crippen LogP contribution in [0.5, 0.6) is 0 Å². The number of nitrogens with one attached hydrogen (secondary N) is 1. The van der Waals surface area contributed by atoms with Crippen LogP contribution in [0.3, 0.4) is 0 Å². The highest BCUT2D eigenvalue weighted by Crippen LogP contribution is 2.18. The molecule has 1 aromatic heterocycles. The van der Waals surface area contributed by atoms with E-state index in [-0.39, 0.29) is 17.8 Å². The van der Waals surface area contributed by atoms with Crippen molar-refractivity contribution in [3.8, 4) is 5.69 Å². The topological polar surface area (TPSA) is 46.9 Å². The Morgan fingerprint density at radius 3 is 2.36 bits per heavy atom. The van der Waals surface area contributed by atoms with E-state index in [2.05, 4.69) is 24.3 Å². The molecule has 0 radical (unpaired) electrons. The molecule has 0 aliphatic heterocycles. The average Bonchev–Trinajstić information content (AvgIpc) is 2.80. The van der Waals surface area contributed by atoms with Crippen LogP contribution in [0.4, 0.5) is 4.39 Å². The van der Waals surface area contributed by atoms with Gasteiger partial charge in [0, 0.05) is 6.04 Å². The highest BCUT2D eigenvalue weighted by Gasteiger charge is 2.20. The Balaban J connectivity index is 2.34. The van der Waals surface area contributed by atoms with Crippen LogP contribution in [-0.2, 0) is 0 Å². The first-order chi connectivity index (χ1) is 10.5. The zero-order chi connectivity index (χ0) is 16.3. The molecule has 2 aromatic rings. The van der Waals surface area contributed by atoms with E-state index < -0.39 is 0 Å². The smallest absolute Gasteiger partial charge is 0.255 e. The number of hydrogen-bond donors (Lipinski definition) is 1. The Bertz CT molecular complexity index is 657. The zero-order valence-corrected chi connectivity index (χ0v) is 13.5. The first kappa shape index (κ1) is 16.2. The number of rotatable bonds is 5. The molecule has 118 valence electrons. The Hall–Kier alpha value is -2.17. The third kappa shape index (κ3) is 3.18. The summed E-state index contributed by atoms with van der Waals surface area (Å²) >= 11 is 0. The van der Waals surface area contributed by atoms with E-state index in [0.29, 0.717) is 11.3 Å². The summed E-state index contributed by atoms with van der Waals surface area (Å²) in [6.45, 7) is 7.77. The molecule has 0 fully saturated rings. The molecule has 0 spiro atoms. The highest BCUT2D eigenvalue weighted by molar-refractivity contribution is 5.96. The lowest BCUT2D eigenvalue weighted by molar-refractivity contribution is 0.0933. The normalized spacial score (nSPS) is 11.0. The second kappa shape index (κ2) is 6.73. The van der Waals surface area contributed by atoms with Crippen molar-refractivity contribution < 1.29 is 9.18 Å². The fourth-order valence-electron chi connectivity index (χ4n) is 2.56. The summed E-state index contributed by atoms with van der Waals surface area (Å²) < 4.78 is 14.7. The van der Waals surface area contributed by atoms with Crippen molar-refractivity contribution in [2.75, 3.05) is 0 Å². The summed E-state index contributed by atoms with van der Waals surface area (Å²) in [5.74, 6) is -0.394. The second-order valence-electron chi connectivity index (χ2n) is 5.42. The fourth-order valence-corrected chi connectivity index (χ4v) is 2.56. The molecule has 0 saturated heterocycles.